The first-order valence-electron chi connectivity index (χ1n) is 8.14. The van der Waals surface area contributed by atoms with Crippen LogP contribution in [-0.2, 0) is 10.0 Å². The second-order valence-corrected chi connectivity index (χ2v) is 7.52. The van der Waals surface area contributed by atoms with E-state index < -0.39 is 10.0 Å². The molecule has 8 heteroatoms. The summed E-state index contributed by atoms with van der Waals surface area (Å²) in [4.78, 5) is 22.5. The Hall–Kier alpha value is -2.71. The van der Waals surface area contributed by atoms with Gasteiger partial charge in [-0.2, -0.15) is 0 Å². The molecule has 27 heavy (non-hydrogen) atoms. The summed E-state index contributed by atoms with van der Waals surface area (Å²) in [7, 11) is -2.14. The van der Waals surface area contributed by atoms with Crippen LogP contribution in [0, 0.1) is 0 Å². The first-order chi connectivity index (χ1) is 12.6. The molecule has 146 valence electrons. The molecule has 0 aliphatic rings. The maximum atomic E-state index is 11.5. The summed E-state index contributed by atoms with van der Waals surface area (Å²) in [5.41, 5.74) is 1.04. The fourth-order valence-electron chi connectivity index (χ4n) is 2.08. The lowest BCUT2D eigenvalue weighted by molar-refractivity contribution is 0.0942. The lowest BCUT2D eigenvalue weighted by atomic mass is 10.1. The summed E-state index contributed by atoms with van der Waals surface area (Å²) >= 11 is 0. The van der Waals surface area contributed by atoms with E-state index in [0.29, 0.717) is 16.9 Å². The van der Waals surface area contributed by atoms with Crippen LogP contribution >= 0.6 is 0 Å². The number of rotatable bonds is 5. The zero-order valence-electron chi connectivity index (χ0n) is 15.7. The Balaban J connectivity index is 0.000000289. The Labute approximate surface area is 159 Å². The van der Waals surface area contributed by atoms with Crippen LogP contribution in [0.4, 0.5) is 0 Å². The number of nitrogens with two attached hydrogens (primary N) is 1. The molecule has 0 bridgehead atoms. The molecular formula is C19H24N2O5S. The van der Waals surface area contributed by atoms with Gasteiger partial charge >= 0.3 is 0 Å². The topological polar surface area (TPSA) is 116 Å². The SMILES string of the molecule is CC(C)NC(=O)c1ccc(S(N)(=O)=O)cc1.COc1ccccc1C(C)=O. The minimum Gasteiger partial charge on any atom is -0.496 e. The molecule has 0 saturated carbocycles. The van der Waals surface area contributed by atoms with Gasteiger partial charge < -0.3 is 10.1 Å². The molecule has 0 aliphatic carbocycles. The molecule has 0 spiro atoms. The zero-order valence-corrected chi connectivity index (χ0v) is 16.5. The molecule has 7 nitrogen and oxygen atoms in total. The van der Waals surface area contributed by atoms with E-state index in [1.165, 1.54) is 31.2 Å². The Morgan fingerprint density at radius 2 is 1.59 bits per heavy atom. The minimum atomic E-state index is -3.70. The predicted molar refractivity (Wildman–Crippen MR) is 103 cm³/mol. The molecule has 0 unspecified atom stereocenters. The molecule has 0 aliphatic heterocycles. The molecule has 2 rings (SSSR count). The maximum absolute atomic E-state index is 11.5. The minimum absolute atomic E-state index is 0.00593. The quantitative estimate of drug-likeness (QED) is 0.758. The summed E-state index contributed by atoms with van der Waals surface area (Å²) in [6, 6.07) is 12.7. The van der Waals surface area contributed by atoms with Crippen molar-refractivity contribution in [1.29, 1.82) is 0 Å². The number of Topliss-reactive ketones (excluding diaryl/α,β-unsaturated/α-hetero) is 1. The van der Waals surface area contributed by atoms with Gasteiger partial charge in [0.15, 0.2) is 5.78 Å². The lowest BCUT2D eigenvalue weighted by Gasteiger charge is -2.08. The summed E-state index contributed by atoms with van der Waals surface area (Å²) in [5.74, 6) is 0.429. The number of hydrogen-bond donors (Lipinski definition) is 2. The van der Waals surface area contributed by atoms with Crippen LogP contribution in [0.25, 0.3) is 0 Å². The molecule has 0 aromatic heterocycles. The van der Waals surface area contributed by atoms with Gasteiger partial charge in [0.1, 0.15) is 5.75 Å². The van der Waals surface area contributed by atoms with Crippen molar-refractivity contribution in [2.75, 3.05) is 7.11 Å². The molecule has 0 heterocycles. The van der Waals surface area contributed by atoms with E-state index in [4.69, 9.17) is 9.88 Å². The Kier molecular flexibility index (Phi) is 8.14. The van der Waals surface area contributed by atoms with Crippen molar-refractivity contribution in [3.05, 3.63) is 59.7 Å². The van der Waals surface area contributed by atoms with Gasteiger partial charge in [-0.25, -0.2) is 13.6 Å². The van der Waals surface area contributed by atoms with Gasteiger partial charge in [0.25, 0.3) is 5.91 Å². The molecule has 1 amide bonds. The fraction of sp³-hybridized carbons (Fsp3) is 0.263. The molecule has 3 N–H and O–H groups in total. The van der Waals surface area contributed by atoms with E-state index in [-0.39, 0.29) is 22.6 Å². The fourth-order valence-corrected chi connectivity index (χ4v) is 2.59. The van der Waals surface area contributed by atoms with E-state index in [9.17, 15) is 18.0 Å². The molecule has 0 atom stereocenters. The van der Waals surface area contributed by atoms with Gasteiger partial charge in [-0.05, 0) is 57.2 Å². The van der Waals surface area contributed by atoms with Gasteiger partial charge in [-0.15, -0.1) is 0 Å². The van der Waals surface area contributed by atoms with Crippen molar-refractivity contribution in [3.8, 4) is 5.75 Å². The van der Waals surface area contributed by atoms with Crippen LogP contribution in [0.5, 0.6) is 5.75 Å². The number of amides is 1. The highest BCUT2D eigenvalue weighted by Gasteiger charge is 2.10. The van der Waals surface area contributed by atoms with E-state index in [1.54, 1.807) is 19.2 Å². The van der Waals surface area contributed by atoms with Crippen molar-refractivity contribution < 1.29 is 22.7 Å². The third kappa shape index (κ3) is 7.20. The monoisotopic (exact) mass is 392 g/mol. The number of ether oxygens (including phenoxy) is 1. The van der Waals surface area contributed by atoms with Crippen LogP contribution < -0.4 is 15.2 Å². The van der Waals surface area contributed by atoms with E-state index >= 15 is 0 Å². The van der Waals surface area contributed by atoms with Crippen molar-refractivity contribution in [3.63, 3.8) is 0 Å². The van der Waals surface area contributed by atoms with Gasteiger partial charge in [-0.1, -0.05) is 12.1 Å². The molecule has 2 aromatic rings. The van der Waals surface area contributed by atoms with Crippen molar-refractivity contribution >= 4 is 21.7 Å². The normalized spacial score (nSPS) is 10.6. The van der Waals surface area contributed by atoms with Crippen LogP contribution in [0.3, 0.4) is 0 Å². The summed E-state index contributed by atoms with van der Waals surface area (Å²) in [6.07, 6.45) is 0. The molecule has 2 aromatic carbocycles. The van der Waals surface area contributed by atoms with Gasteiger partial charge in [0, 0.05) is 11.6 Å². The highest BCUT2D eigenvalue weighted by molar-refractivity contribution is 7.89. The Morgan fingerprint density at radius 1 is 1.04 bits per heavy atom. The first-order valence-corrected chi connectivity index (χ1v) is 9.68. The average molecular weight is 392 g/mol. The number of carbonyl (C=O) groups is 2. The standard InChI is InChI=1S/C10H14N2O3S.C9H10O2/c1-7(2)12-10(13)8-3-5-9(6-4-8)16(11,14)15;1-7(10)8-5-3-4-6-9(8)11-2/h3-7H,1-2H3,(H,12,13)(H2,11,14,15);3-6H,1-2H3. The number of benzene rings is 2. The lowest BCUT2D eigenvalue weighted by Crippen LogP contribution is -2.30. The van der Waals surface area contributed by atoms with E-state index in [2.05, 4.69) is 5.32 Å². The third-order valence-electron chi connectivity index (χ3n) is 3.35. The number of hydrogen-bond acceptors (Lipinski definition) is 5. The van der Waals surface area contributed by atoms with E-state index in [1.807, 2.05) is 26.0 Å². The summed E-state index contributed by atoms with van der Waals surface area (Å²) in [6.45, 7) is 5.21. The number of ketones is 1. The highest BCUT2D eigenvalue weighted by atomic mass is 32.2. The number of nitrogens with one attached hydrogen (secondary N) is 1. The van der Waals surface area contributed by atoms with Crippen LogP contribution in [0.2, 0.25) is 0 Å². The van der Waals surface area contributed by atoms with Gasteiger partial charge in [0.2, 0.25) is 10.0 Å². The number of carbonyl (C=O) groups excluding carboxylic acids is 2. The van der Waals surface area contributed by atoms with Gasteiger partial charge in [0.05, 0.1) is 17.6 Å². The molecule has 0 radical (unpaired) electrons. The number of para-hydroxylation sites is 1. The van der Waals surface area contributed by atoms with Crippen LogP contribution in [0.15, 0.2) is 53.4 Å². The average Bonchev–Trinajstić information content (AvgIpc) is 2.61. The zero-order chi connectivity index (χ0) is 20.6. The number of methoxy groups -OCH3 is 1. The smallest absolute Gasteiger partial charge is 0.251 e. The summed E-state index contributed by atoms with van der Waals surface area (Å²) < 4.78 is 26.9. The molecular weight excluding hydrogens is 368 g/mol. The highest BCUT2D eigenvalue weighted by Crippen LogP contribution is 2.17. The van der Waals surface area contributed by atoms with Crippen LogP contribution in [0.1, 0.15) is 41.5 Å². The van der Waals surface area contributed by atoms with Gasteiger partial charge in [-0.3, -0.25) is 9.59 Å². The van der Waals surface area contributed by atoms with E-state index in [0.717, 1.165) is 0 Å². The molecule has 0 saturated heterocycles. The maximum Gasteiger partial charge on any atom is 0.251 e. The second-order valence-electron chi connectivity index (χ2n) is 5.95. The summed E-state index contributed by atoms with van der Waals surface area (Å²) in [5, 5.41) is 7.63. The predicted octanol–water partition coefficient (Wildman–Crippen LogP) is 2.37. The number of sulfonamides is 1. The second kappa shape index (κ2) is 9.84. The van der Waals surface area contributed by atoms with Crippen LogP contribution in [-0.4, -0.2) is 33.3 Å². The largest absolute Gasteiger partial charge is 0.496 e. The Bertz CT molecular complexity index is 891. The van der Waals surface area contributed by atoms with Crippen molar-refractivity contribution in [1.82, 2.24) is 5.32 Å². The van der Waals surface area contributed by atoms with Crippen molar-refractivity contribution in [2.24, 2.45) is 5.14 Å². The Morgan fingerprint density at radius 3 is 2.00 bits per heavy atom. The molecule has 0 fully saturated rings. The third-order valence-corrected chi connectivity index (χ3v) is 4.28. The first kappa shape index (κ1) is 22.3. The van der Waals surface area contributed by atoms with Crippen molar-refractivity contribution in [2.45, 2.75) is 31.7 Å². The number of primary sulfonamides is 1.